The summed E-state index contributed by atoms with van der Waals surface area (Å²) >= 11 is 0. The van der Waals surface area contributed by atoms with Crippen LogP contribution in [0, 0.1) is 11.3 Å². The molecule has 1 amide bonds. The number of hydrogen-bond acceptors (Lipinski definition) is 5. The molecule has 0 aromatic heterocycles. The maximum atomic E-state index is 12.9. The maximum absolute atomic E-state index is 12.9. The van der Waals surface area contributed by atoms with Crippen molar-refractivity contribution in [3.63, 3.8) is 0 Å². The average molecular weight is 516 g/mol. The van der Waals surface area contributed by atoms with E-state index in [4.69, 9.17) is 4.74 Å². The molecule has 0 radical (unpaired) electrons. The molecule has 0 atom stereocenters. The molecule has 7 nitrogen and oxygen atoms in total. The molecule has 11 heteroatoms. The van der Waals surface area contributed by atoms with Gasteiger partial charge in [-0.2, -0.15) is 18.4 Å². The van der Waals surface area contributed by atoms with Crippen LogP contribution in [0.2, 0.25) is 0 Å². The number of carbonyl (C=O) groups is 1. The van der Waals surface area contributed by atoms with Crippen molar-refractivity contribution in [2.45, 2.75) is 29.3 Å². The van der Waals surface area contributed by atoms with Crippen LogP contribution in [0.4, 0.5) is 24.5 Å². The number of sulfonamides is 1. The molecular formula is C25H20F3N3O4S. The van der Waals surface area contributed by atoms with Gasteiger partial charge in [0.1, 0.15) is 5.75 Å². The zero-order valence-corrected chi connectivity index (χ0v) is 19.5. The lowest BCUT2D eigenvalue weighted by molar-refractivity contribution is -0.137. The van der Waals surface area contributed by atoms with Crippen molar-refractivity contribution in [3.8, 4) is 11.8 Å². The van der Waals surface area contributed by atoms with Gasteiger partial charge in [-0.05, 0) is 73.0 Å². The van der Waals surface area contributed by atoms with Crippen molar-refractivity contribution >= 4 is 27.3 Å². The molecule has 186 valence electrons. The van der Waals surface area contributed by atoms with Crippen LogP contribution >= 0.6 is 0 Å². The normalized spacial score (nSPS) is 14.4. The van der Waals surface area contributed by atoms with Gasteiger partial charge >= 0.3 is 6.18 Å². The Kier molecular flexibility index (Phi) is 6.65. The van der Waals surface area contributed by atoms with E-state index in [1.165, 1.54) is 30.3 Å². The fraction of sp³-hybridized carbons (Fsp3) is 0.200. The number of nitrogens with one attached hydrogen (secondary N) is 2. The van der Waals surface area contributed by atoms with Crippen molar-refractivity contribution in [1.82, 2.24) is 0 Å². The van der Waals surface area contributed by atoms with Gasteiger partial charge < -0.3 is 10.1 Å². The Labute approximate surface area is 205 Å². The van der Waals surface area contributed by atoms with Gasteiger partial charge in [0.05, 0.1) is 21.9 Å². The molecule has 4 rings (SSSR count). The van der Waals surface area contributed by atoms with E-state index in [9.17, 15) is 31.6 Å². The largest absolute Gasteiger partial charge is 0.484 e. The Morgan fingerprint density at radius 1 is 1.00 bits per heavy atom. The summed E-state index contributed by atoms with van der Waals surface area (Å²) in [7, 11) is -4.15. The van der Waals surface area contributed by atoms with Crippen molar-refractivity contribution in [1.29, 1.82) is 5.26 Å². The summed E-state index contributed by atoms with van der Waals surface area (Å²) in [5.41, 5.74) is -0.155. The Bertz CT molecular complexity index is 1410. The second-order valence-corrected chi connectivity index (χ2v) is 9.95. The first-order valence-electron chi connectivity index (χ1n) is 10.8. The van der Waals surface area contributed by atoms with Crippen molar-refractivity contribution in [2.75, 3.05) is 16.6 Å². The van der Waals surface area contributed by atoms with E-state index in [1.807, 2.05) is 0 Å². The van der Waals surface area contributed by atoms with Gasteiger partial charge in [0, 0.05) is 11.4 Å². The van der Waals surface area contributed by atoms with E-state index in [1.54, 1.807) is 24.3 Å². The number of amides is 1. The second kappa shape index (κ2) is 9.54. The number of alkyl halides is 3. The molecule has 36 heavy (non-hydrogen) atoms. The number of nitrogens with zero attached hydrogens (tertiary/aromatic N) is 1. The molecule has 0 unspecified atom stereocenters. The average Bonchev–Trinajstić information content (AvgIpc) is 3.64. The Morgan fingerprint density at radius 2 is 1.67 bits per heavy atom. The topological polar surface area (TPSA) is 108 Å². The lowest BCUT2D eigenvalue weighted by atomic mass is 9.98. The van der Waals surface area contributed by atoms with Crippen LogP contribution in [-0.4, -0.2) is 20.9 Å². The monoisotopic (exact) mass is 515 g/mol. The molecular weight excluding hydrogens is 495 g/mol. The van der Waals surface area contributed by atoms with E-state index in [-0.39, 0.29) is 22.9 Å². The Balaban J connectivity index is 1.32. The molecule has 2 N–H and O–H groups in total. The number of anilines is 2. The summed E-state index contributed by atoms with van der Waals surface area (Å²) in [4.78, 5) is 12.0. The zero-order valence-electron chi connectivity index (χ0n) is 18.7. The first kappa shape index (κ1) is 25.1. The van der Waals surface area contributed by atoms with Gasteiger partial charge in [-0.25, -0.2) is 8.42 Å². The van der Waals surface area contributed by atoms with Gasteiger partial charge in [0.2, 0.25) is 0 Å². The number of halogens is 3. The summed E-state index contributed by atoms with van der Waals surface area (Å²) in [6.07, 6.45) is -2.96. The highest BCUT2D eigenvalue weighted by Crippen LogP contribution is 2.47. The van der Waals surface area contributed by atoms with E-state index in [0.717, 1.165) is 30.5 Å². The minimum Gasteiger partial charge on any atom is -0.484 e. The van der Waals surface area contributed by atoms with Crippen LogP contribution in [0.1, 0.15) is 24.0 Å². The van der Waals surface area contributed by atoms with Crippen molar-refractivity contribution in [3.05, 3.63) is 83.9 Å². The number of carbonyl (C=O) groups excluding carboxylic acids is 1. The molecule has 3 aromatic rings. The first-order chi connectivity index (χ1) is 17.0. The fourth-order valence-electron chi connectivity index (χ4n) is 3.50. The van der Waals surface area contributed by atoms with Gasteiger partial charge in [0.25, 0.3) is 15.9 Å². The summed E-state index contributed by atoms with van der Waals surface area (Å²) in [6.45, 7) is -0.335. The molecule has 1 fully saturated rings. The van der Waals surface area contributed by atoms with Gasteiger partial charge in [-0.15, -0.1) is 0 Å². The fourth-order valence-corrected chi connectivity index (χ4v) is 4.55. The molecule has 0 saturated heterocycles. The zero-order chi connectivity index (χ0) is 26.0. The third-order valence-electron chi connectivity index (χ3n) is 5.63. The van der Waals surface area contributed by atoms with Crippen LogP contribution in [0.5, 0.6) is 5.75 Å². The van der Waals surface area contributed by atoms with Crippen molar-refractivity contribution < 1.29 is 31.1 Å². The molecule has 3 aromatic carbocycles. The minimum absolute atomic E-state index is 0.192. The van der Waals surface area contributed by atoms with E-state index in [2.05, 4.69) is 16.1 Å². The van der Waals surface area contributed by atoms with Crippen molar-refractivity contribution in [2.24, 2.45) is 0 Å². The van der Waals surface area contributed by atoms with Crippen LogP contribution in [0.25, 0.3) is 0 Å². The lowest BCUT2D eigenvalue weighted by Crippen LogP contribution is -2.20. The highest BCUT2D eigenvalue weighted by molar-refractivity contribution is 7.92. The van der Waals surface area contributed by atoms with Crippen LogP contribution < -0.4 is 14.8 Å². The number of ether oxygens (including phenoxy) is 1. The molecule has 1 aliphatic rings. The van der Waals surface area contributed by atoms with E-state index in [0.29, 0.717) is 11.8 Å². The first-order valence-corrected chi connectivity index (χ1v) is 12.2. The molecule has 0 bridgehead atoms. The minimum atomic E-state index is -4.60. The second-order valence-electron chi connectivity index (χ2n) is 8.26. The summed E-state index contributed by atoms with van der Waals surface area (Å²) < 4.78 is 71.2. The molecule has 0 spiro atoms. The highest BCUT2D eigenvalue weighted by atomic mass is 32.2. The van der Waals surface area contributed by atoms with Gasteiger partial charge in [0.15, 0.2) is 6.61 Å². The molecule has 0 aliphatic heterocycles. The Morgan fingerprint density at radius 3 is 2.25 bits per heavy atom. The summed E-state index contributed by atoms with van der Waals surface area (Å²) in [6, 6.07) is 18.3. The molecule has 1 saturated carbocycles. The van der Waals surface area contributed by atoms with Gasteiger partial charge in [-0.1, -0.05) is 18.2 Å². The number of nitriles is 1. The number of benzene rings is 3. The predicted octanol–water partition coefficient (Wildman–Crippen LogP) is 5.08. The third-order valence-corrected chi connectivity index (χ3v) is 7.03. The molecule has 1 aliphatic carbocycles. The molecule has 0 heterocycles. The van der Waals surface area contributed by atoms with E-state index < -0.39 is 33.1 Å². The van der Waals surface area contributed by atoms with Crippen LogP contribution in [0.3, 0.4) is 0 Å². The van der Waals surface area contributed by atoms with E-state index >= 15 is 0 Å². The predicted molar refractivity (Wildman–Crippen MR) is 126 cm³/mol. The summed E-state index contributed by atoms with van der Waals surface area (Å²) in [5, 5.41) is 11.9. The standard InChI is InChI=1S/C25H20F3N3O4S/c26-25(27,28)18-2-1-3-20(14-18)31-36(33,34)22-10-8-21(9-11-22)35-15-23(32)30-19-6-4-17(5-7-19)24(16-29)12-13-24/h1-11,14,31H,12-13,15H2,(H,30,32). The number of hydrogen-bond donors (Lipinski definition) is 2. The third kappa shape index (κ3) is 5.78. The Hall–Kier alpha value is -4.04. The smallest absolute Gasteiger partial charge is 0.416 e. The maximum Gasteiger partial charge on any atom is 0.416 e. The van der Waals surface area contributed by atoms with Crippen LogP contribution in [0.15, 0.2) is 77.7 Å². The quantitative estimate of drug-likeness (QED) is 0.435. The lowest BCUT2D eigenvalue weighted by Gasteiger charge is -2.12. The number of rotatable bonds is 8. The SMILES string of the molecule is N#CC1(c2ccc(NC(=O)COc3ccc(S(=O)(=O)Nc4cccc(C(F)(F)F)c4)cc3)cc2)CC1. The summed E-state index contributed by atoms with van der Waals surface area (Å²) in [5.74, 6) is -0.213. The van der Waals surface area contributed by atoms with Gasteiger partial charge in [-0.3, -0.25) is 9.52 Å². The van der Waals surface area contributed by atoms with Crippen LogP contribution in [-0.2, 0) is 26.4 Å². The highest BCUT2D eigenvalue weighted by Gasteiger charge is 2.44.